The number of nitrogens with zero attached hydrogens (tertiary/aromatic N) is 1. The highest BCUT2D eigenvalue weighted by Crippen LogP contribution is 2.26. The number of thiocarbonyl (C=S) groups is 1. The molecule has 6 heteroatoms. The molecule has 0 radical (unpaired) electrons. The van der Waals surface area contributed by atoms with Gasteiger partial charge in [0.05, 0.1) is 13.2 Å². The van der Waals surface area contributed by atoms with Crippen LogP contribution in [0.2, 0.25) is 0 Å². The number of methoxy groups -OCH3 is 1. The summed E-state index contributed by atoms with van der Waals surface area (Å²) in [5.41, 5.74) is 2.01. The Labute approximate surface area is 159 Å². The van der Waals surface area contributed by atoms with Gasteiger partial charge in [-0.2, -0.15) is 0 Å². The average molecular weight is 373 g/mol. The summed E-state index contributed by atoms with van der Waals surface area (Å²) >= 11 is 5.40. The Balaban J connectivity index is 1.63. The molecule has 1 aliphatic rings. The Kier molecular flexibility index (Phi) is 6.41. The smallest absolute Gasteiger partial charge is 0.170 e. The van der Waals surface area contributed by atoms with Gasteiger partial charge < -0.3 is 15.4 Å². The van der Waals surface area contributed by atoms with Crippen LogP contribution in [0.1, 0.15) is 24.4 Å². The molecule has 4 nitrogen and oxygen atoms in total. The van der Waals surface area contributed by atoms with E-state index in [1.54, 1.807) is 19.2 Å². The molecular weight excluding hydrogens is 349 g/mol. The molecule has 0 spiro atoms. The first-order valence-electron chi connectivity index (χ1n) is 8.84. The van der Waals surface area contributed by atoms with Gasteiger partial charge in [-0.05, 0) is 80.1 Å². The van der Waals surface area contributed by atoms with Crippen molar-refractivity contribution in [2.75, 3.05) is 32.1 Å². The fourth-order valence-electron chi connectivity index (χ4n) is 3.23. The Morgan fingerprint density at radius 1 is 1.12 bits per heavy atom. The molecule has 1 heterocycles. The highest BCUT2D eigenvalue weighted by atomic mass is 32.1. The van der Waals surface area contributed by atoms with Crippen LogP contribution in [0, 0.1) is 5.82 Å². The van der Waals surface area contributed by atoms with Crippen LogP contribution in [0.15, 0.2) is 48.5 Å². The van der Waals surface area contributed by atoms with E-state index >= 15 is 0 Å². The van der Waals surface area contributed by atoms with Crippen molar-refractivity contribution < 1.29 is 9.13 Å². The number of hydrogen-bond acceptors (Lipinski definition) is 3. The van der Waals surface area contributed by atoms with E-state index in [0.29, 0.717) is 11.7 Å². The lowest BCUT2D eigenvalue weighted by Crippen LogP contribution is -2.38. The molecule has 0 unspecified atom stereocenters. The zero-order valence-electron chi connectivity index (χ0n) is 14.9. The number of nitrogens with one attached hydrogen (secondary N) is 2. The normalized spacial score (nSPS) is 15.5. The van der Waals surface area contributed by atoms with Crippen molar-refractivity contribution in [1.29, 1.82) is 0 Å². The lowest BCUT2D eigenvalue weighted by molar-refractivity contribution is 0.246. The highest BCUT2D eigenvalue weighted by Gasteiger charge is 2.23. The first kappa shape index (κ1) is 18.6. The zero-order chi connectivity index (χ0) is 18.4. The molecule has 1 saturated heterocycles. The number of benzene rings is 2. The zero-order valence-corrected chi connectivity index (χ0v) is 15.7. The standard InChI is InChI=1S/C20H24FN3OS/c1-25-18-10-4-15(5-11-18)19(24-12-2-3-13-24)14-22-20(26)23-17-8-6-16(21)7-9-17/h4-11,19H,2-3,12-14H2,1H3,(H2,22,23,26)/t19-/m0/s1. The van der Waals surface area contributed by atoms with E-state index in [-0.39, 0.29) is 11.9 Å². The first-order valence-corrected chi connectivity index (χ1v) is 9.25. The van der Waals surface area contributed by atoms with Crippen LogP contribution in [0.25, 0.3) is 0 Å². The van der Waals surface area contributed by atoms with Crippen LogP contribution in [-0.4, -0.2) is 36.8 Å². The summed E-state index contributed by atoms with van der Waals surface area (Å²) in [4.78, 5) is 2.48. The summed E-state index contributed by atoms with van der Waals surface area (Å²) in [6.07, 6.45) is 2.45. The van der Waals surface area contributed by atoms with Crippen LogP contribution >= 0.6 is 12.2 Å². The van der Waals surface area contributed by atoms with Crippen LogP contribution in [0.5, 0.6) is 5.75 Å². The summed E-state index contributed by atoms with van der Waals surface area (Å²) in [6.45, 7) is 2.90. The van der Waals surface area contributed by atoms with E-state index in [1.165, 1.54) is 30.5 Å². The Hall–Kier alpha value is -2.18. The third-order valence-corrected chi connectivity index (χ3v) is 4.89. The van der Waals surface area contributed by atoms with Gasteiger partial charge in [0.1, 0.15) is 11.6 Å². The largest absolute Gasteiger partial charge is 0.497 e. The van der Waals surface area contributed by atoms with E-state index in [1.807, 2.05) is 12.1 Å². The predicted molar refractivity (Wildman–Crippen MR) is 107 cm³/mol. The highest BCUT2D eigenvalue weighted by molar-refractivity contribution is 7.80. The van der Waals surface area contributed by atoms with Gasteiger partial charge in [0.2, 0.25) is 0 Å². The molecule has 138 valence electrons. The summed E-state index contributed by atoms with van der Waals surface area (Å²) in [6, 6.07) is 14.6. The molecule has 2 N–H and O–H groups in total. The quantitative estimate of drug-likeness (QED) is 0.750. The summed E-state index contributed by atoms with van der Waals surface area (Å²) in [7, 11) is 1.67. The van der Waals surface area contributed by atoms with E-state index in [0.717, 1.165) is 24.5 Å². The van der Waals surface area contributed by atoms with Gasteiger partial charge in [0.25, 0.3) is 0 Å². The van der Waals surface area contributed by atoms with E-state index < -0.39 is 0 Å². The maximum absolute atomic E-state index is 13.0. The topological polar surface area (TPSA) is 36.5 Å². The minimum atomic E-state index is -0.261. The predicted octanol–water partition coefficient (Wildman–Crippen LogP) is 3.96. The van der Waals surface area contributed by atoms with Gasteiger partial charge in [-0.25, -0.2) is 4.39 Å². The molecule has 1 fully saturated rings. The first-order chi connectivity index (χ1) is 12.7. The number of halogens is 1. The minimum absolute atomic E-state index is 0.247. The molecule has 0 aliphatic carbocycles. The van der Waals surface area contributed by atoms with Crippen LogP contribution < -0.4 is 15.4 Å². The monoisotopic (exact) mass is 373 g/mol. The van der Waals surface area contributed by atoms with Crippen molar-refractivity contribution in [2.45, 2.75) is 18.9 Å². The van der Waals surface area contributed by atoms with E-state index in [9.17, 15) is 4.39 Å². The van der Waals surface area contributed by atoms with Gasteiger partial charge >= 0.3 is 0 Å². The summed E-state index contributed by atoms with van der Waals surface area (Å²) in [5.74, 6) is 0.596. The summed E-state index contributed by atoms with van der Waals surface area (Å²) < 4.78 is 18.3. The fraction of sp³-hybridized carbons (Fsp3) is 0.350. The summed E-state index contributed by atoms with van der Waals surface area (Å²) in [5, 5.41) is 6.94. The number of ether oxygens (including phenoxy) is 1. The minimum Gasteiger partial charge on any atom is -0.497 e. The van der Waals surface area contributed by atoms with Crippen molar-refractivity contribution in [3.8, 4) is 5.75 Å². The molecule has 0 aromatic heterocycles. The van der Waals surface area contributed by atoms with Gasteiger partial charge in [0, 0.05) is 12.2 Å². The molecule has 2 aromatic rings. The third-order valence-electron chi connectivity index (χ3n) is 4.64. The average Bonchev–Trinajstić information content (AvgIpc) is 3.19. The van der Waals surface area contributed by atoms with Crippen LogP contribution in [0.4, 0.5) is 10.1 Å². The Morgan fingerprint density at radius 3 is 2.38 bits per heavy atom. The fourth-order valence-corrected chi connectivity index (χ4v) is 3.44. The van der Waals surface area contributed by atoms with Gasteiger partial charge in [-0.15, -0.1) is 0 Å². The second kappa shape index (κ2) is 8.96. The van der Waals surface area contributed by atoms with Crippen LogP contribution in [-0.2, 0) is 0 Å². The Bertz CT molecular complexity index is 715. The maximum atomic E-state index is 13.0. The maximum Gasteiger partial charge on any atom is 0.170 e. The van der Waals surface area contributed by atoms with Crippen molar-refractivity contribution in [3.63, 3.8) is 0 Å². The number of hydrogen-bond donors (Lipinski definition) is 2. The molecule has 3 rings (SSSR count). The lowest BCUT2D eigenvalue weighted by Gasteiger charge is -2.29. The van der Waals surface area contributed by atoms with Gasteiger partial charge in [0.15, 0.2) is 5.11 Å². The van der Waals surface area contributed by atoms with Crippen molar-refractivity contribution in [3.05, 3.63) is 59.9 Å². The second-order valence-electron chi connectivity index (χ2n) is 6.37. The molecule has 1 aliphatic heterocycles. The number of rotatable bonds is 6. The van der Waals surface area contributed by atoms with Crippen molar-refractivity contribution in [2.24, 2.45) is 0 Å². The molecule has 2 aromatic carbocycles. The van der Waals surface area contributed by atoms with E-state index in [2.05, 4.69) is 27.7 Å². The van der Waals surface area contributed by atoms with E-state index in [4.69, 9.17) is 17.0 Å². The number of anilines is 1. The second-order valence-corrected chi connectivity index (χ2v) is 6.78. The number of likely N-dealkylation sites (tertiary alicyclic amines) is 1. The molecule has 26 heavy (non-hydrogen) atoms. The molecule has 0 amide bonds. The van der Waals surface area contributed by atoms with Gasteiger partial charge in [-0.3, -0.25) is 4.90 Å². The molecule has 1 atom stereocenters. The van der Waals surface area contributed by atoms with Crippen molar-refractivity contribution in [1.82, 2.24) is 10.2 Å². The third kappa shape index (κ3) is 4.93. The van der Waals surface area contributed by atoms with Gasteiger partial charge in [-0.1, -0.05) is 12.1 Å². The van der Waals surface area contributed by atoms with Crippen molar-refractivity contribution >= 4 is 23.0 Å². The molecular formula is C20H24FN3OS. The van der Waals surface area contributed by atoms with Crippen LogP contribution in [0.3, 0.4) is 0 Å². The Morgan fingerprint density at radius 2 is 1.77 bits per heavy atom. The molecule has 0 saturated carbocycles. The molecule has 0 bridgehead atoms. The SMILES string of the molecule is COc1ccc([C@H](CNC(=S)Nc2ccc(F)cc2)N2CCCC2)cc1. The lowest BCUT2D eigenvalue weighted by atomic mass is 10.1.